The van der Waals surface area contributed by atoms with Crippen molar-refractivity contribution in [3.05, 3.63) is 121 Å². The highest BCUT2D eigenvalue weighted by molar-refractivity contribution is 6.08. The lowest BCUT2D eigenvalue weighted by molar-refractivity contribution is -0.483. The average molecular weight is 528 g/mol. The molecule has 1 unspecified atom stereocenters. The van der Waals surface area contributed by atoms with Crippen molar-refractivity contribution in [1.29, 1.82) is 0 Å². The van der Waals surface area contributed by atoms with Crippen molar-refractivity contribution in [3.63, 3.8) is 0 Å². The summed E-state index contributed by atoms with van der Waals surface area (Å²) in [6, 6.07) is 38.7. The van der Waals surface area contributed by atoms with Gasteiger partial charge < -0.3 is 10.1 Å². The van der Waals surface area contributed by atoms with Gasteiger partial charge in [-0.15, -0.1) is 0 Å². The normalized spacial score (nSPS) is 22.9. The first-order chi connectivity index (χ1) is 19.7. The molecular weight excluding hydrogens is 494 g/mol. The first-order valence-electron chi connectivity index (χ1n) is 14.2. The van der Waals surface area contributed by atoms with Crippen LogP contribution in [0.2, 0.25) is 0 Å². The molecule has 0 amide bonds. The predicted octanol–water partition coefficient (Wildman–Crippen LogP) is 8.77. The zero-order chi connectivity index (χ0) is 26.9. The van der Waals surface area contributed by atoms with Crippen LogP contribution in [0, 0.1) is 0 Å². The highest BCUT2D eigenvalue weighted by Gasteiger charge is 2.43. The van der Waals surface area contributed by atoms with Gasteiger partial charge in [-0.05, 0) is 63.2 Å². The molecular formula is C36H33NO3. The van der Waals surface area contributed by atoms with Crippen molar-refractivity contribution >= 4 is 32.8 Å². The van der Waals surface area contributed by atoms with Crippen molar-refractivity contribution in [1.82, 2.24) is 0 Å². The number of nitrogens with one attached hydrogen (secondary N) is 1. The van der Waals surface area contributed by atoms with Crippen molar-refractivity contribution in [2.24, 2.45) is 0 Å². The highest BCUT2D eigenvalue weighted by Crippen LogP contribution is 2.40. The van der Waals surface area contributed by atoms with E-state index in [9.17, 15) is 0 Å². The summed E-state index contributed by atoms with van der Waals surface area (Å²) in [4.78, 5) is 12.0. The van der Waals surface area contributed by atoms with E-state index in [-0.39, 0.29) is 6.10 Å². The Morgan fingerprint density at radius 2 is 1.45 bits per heavy atom. The molecule has 1 aliphatic heterocycles. The lowest BCUT2D eigenvalue weighted by Crippen LogP contribution is -2.49. The fraction of sp³-hybridized carbons (Fsp3) is 0.222. The molecule has 0 bridgehead atoms. The minimum absolute atomic E-state index is 0.341. The van der Waals surface area contributed by atoms with Crippen LogP contribution in [-0.2, 0) is 14.5 Å². The van der Waals surface area contributed by atoms with Gasteiger partial charge >= 0.3 is 0 Å². The Bertz CT molecular complexity index is 1660. The van der Waals surface area contributed by atoms with Crippen LogP contribution in [0.5, 0.6) is 0 Å². The molecule has 2 fully saturated rings. The fourth-order valence-electron chi connectivity index (χ4n) is 6.10. The minimum atomic E-state index is -0.687. The molecule has 1 spiro atoms. The lowest BCUT2D eigenvalue weighted by atomic mass is 9.89. The van der Waals surface area contributed by atoms with E-state index in [1.807, 2.05) is 0 Å². The molecule has 1 saturated heterocycles. The van der Waals surface area contributed by atoms with Gasteiger partial charge in [-0.2, -0.15) is 0 Å². The van der Waals surface area contributed by atoms with E-state index < -0.39 is 5.79 Å². The van der Waals surface area contributed by atoms with Crippen molar-refractivity contribution in [3.8, 4) is 11.1 Å². The Labute approximate surface area is 235 Å². The first-order valence-corrected chi connectivity index (χ1v) is 14.2. The number of hydrogen-bond donors (Lipinski definition) is 1. The zero-order valence-electron chi connectivity index (χ0n) is 22.5. The highest BCUT2D eigenvalue weighted by atomic mass is 17.2. The van der Waals surface area contributed by atoms with Gasteiger partial charge in [0.25, 0.3) is 0 Å². The molecule has 7 rings (SSSR count). The summed E-state index contributed by atoms with van der Waals surface area (Å²) < 4.78 is 6.38. The van der Waals surface area contributed by atoms with Gasteiger partial charge in [0.15, 0.2) is 0 Å². The summed E-state index contributed by atoms with van der Waals surface area (Å²) in [6.45, 7) is 4.80. The summed E-state index contributed by atoms with van der Waals surface area (Å²) in [7, 11) is 0. The summed E-state index contributed by atoms with van der Waals surface area (Å²) in [5, 5.41) is 8.67. The average Bonchev–Trinajstić information content (AvgIpc) is 3.03. The molecule has 200 valence electrons. The maximum absolute atomic E-state index is 6.38. The van der Waals surface area contributed by atoms with E-state index in [2.05, 4.69) is 121 Å². The quantitative estimate of drug-likeness (QED) is 0.183. The zero-order valence-corrected chi connectivity index (χ0v) is 22.5. The third kappa shape index (κ3) is 4.79. The largest absolute Gasteiger partial charge is 0.382 e. The molecule has 1 saturated carbocycles. The Morgan fingerprint density at radius 3 is 2.25 bits per heavy atom. The molecule has 40 heavy (non-hydrogen) atoms. The summed E-state index contributed by atoms with van der Waals surface area (Å²) in [5.41, 5.74) is 5.52. The van der Waals surface area contributed by atoms with Crippen molar-refractivity contribution < 1.29 is 14.5 Å². The molecule has 2 aliphatic rings. The van der Waals surface area contributed by atoms with Gasteiger partial charge in [0.1, 0.15) is 6.10 Å². The first kappa shape index (κ1) is 25.0. The van der Waals surface area contributed by atoms with Gasteiger partial charge in [-0.3, -0.25) is 0 Å². The Kier molecular flexibility index (Phi) is 6.60. The third-order valence-corrected chi connectivity index (χ3v) is 8.44. The van der Waals surface area contributed by atoms with Crippen LogP contribution in [0.15, 0.2) is 116 Å². The van der Waals surface area contributed by atoms with Crippen molar-refractivity contribution in [2.75, 3.05) is 11.9 Å². The van der Waals surface area contributed by atoms with Gasteiger partial charge in [0.2, 0.25) is 5.79 Å². The second-order valence-electron chi connectivity index (χ2n) is 11.0. The molecule has 4 nitrogen and oxygen atoms in total. The van der Waals surface area contributed by atoms with Crippen LogP contribution in [0.25, 0.3) is 38.2 Å². The smallest absolute Gasteiger partial charge is 0.201 e. The van der Waals surface area contributed by atoms with Gasteiger partial charge in [0.05, 0.1) is 6.61 Å². The number of anilines is 1. The third-order valence-electron chi connectivity index (χ3n) is 8.44. The number of para-hydroxylation sites is 1. The summed E-state index contributed by atoms with van der Waals surface area (Å²) >= 11 is 0. The second-order valence-corrected chi connectivity index (χ2v) is 11.0. The van der Waals surface area contributed by atoms with E-state index >= 15 is 0 Å². The lowest BCUT2D eigenvalue weighted by Gasteiger charge is -2.43. The van der Waals surface area contributed by atoms with E-state index in [4.69, 9.17) is 14.5 Å². The number of ether oxygens (including phenoxy) is 1. The summed E-state index contributed by atoms with van der Waals surface area (Å²) in [5.74, 6) is -0.687. The van der Waals surface area contributed by atoms with Gasteiger partial charge in [-0.1, -0.05) is 104 Å². The molecule has 5 aromatic rings. The number of rotatable bonds is 5. The molecule has 1 aliphatic carbocycles. The molecule has 1 N–H and O–H groups in total. The van der Waals surface area contributed by atoms with E-state index in [1.165, 1.54) is 32.7 Å². The van der Waals surface area contributed by atoms with Crippen molar-refractivity contribution in [2.45, 2.75) is 43.6 Å². The van der Waals surface area contributed by atoms with E-state index in [1.54, 1.807) is 0 Å². The molecule has 4 heteroatoms. The topological polar surface area (TPSA) is 39.7 Å². The number of hydrogen-bond acceptors (Lipinski definition) is 4. The van der Waals surface area contributed by atoms with Crippen LogP contribution in [-0.4, -0.2) is 24.5 Å². The summed E-state index contributed by atoms with van der Waals surface area (Å²) in [6.07, 6.45) is 3.09. The molecule has 0 radical (unpaired) electrons. The maximum Gasteiger partial charge on any atom is 0.201 e. The maximum atomic E-state index is 6.38. The van der Waals surface area contributed by atoms with Crippen LogP contribution >= 0.6 is 0 Å². The second kappa shape index (κ2) is 10.5. The fourth-order valence-corrected chi connectivity index (χ4v) is 6.10. The van der Waals surface area contributed by atoms with Gasteiger partial charge in [-0.25, -0.2) is 9.78 Å². The molecule has 1 atom stereocenters. The Balaban J connectivity index is 0.994. The van der Waals surface area contributed by atoms with E-state index in [0.29, 0.717) is 12.6 Å². The number of fused-ring (bicyclic) bond motifs is 3. The standard InChI is InChI=1S/C36H33NO3/c1-25(29-18-17-28-16-15-27-11-5-6-12-31(27)33(28)23-29)35-24-38-36(40-39-35)21-19-30(20-22-36)37-34-14-8-7-13-32(34)26-9-3-2-4-10-26/h2-18,23,30,35,37H,1,19-22,24H2. The van der Waals surface area contributed by atoms with Crippen LogP contribution < -0.4 is 5.32 Å². The Morgan fingerprint density at radius 1 is 0.750 bits per heavy atom. The monoisotopic (exact) mass is 527 g/mol. The Hall–Kier alpha value is -3.96. The van der Waals surface area contributed by atoms with Crippen LogP contribution in [0.4, 0.5) is 5.69 Å². The molecule has 5 aromatic carbocycles. The van der Waals surface area contributed by atoms with Crippen LogP contribution in [0.3, 0.4) is 0 Å². The number of benzene rings is 5. The predicted molar refractivity (Wildman–Crippen MR) is 163 cm³/mol. The molecule has 1 heterocycles. The van der Waals surface area contributed by atoms with Gasteiger partial charge in [0, 0.05) is 30.1 Å². The minimum Gasteiger partial charge on any atom is -0.382 e. The van der Waals surface area contributed by atoms with Crippen LogP contribution in [0.1, 0.15) is 31.2 Å². The molecule has 0 aromatic heterocycles. The SMILES string of the molecule is C=C(c1ccc2ccc3ccccc3c2c1)C1COC2(CCC(Nc3ccccc3-c3ccccc3)CC2)OO1. The van der Waals surface area contributed by atoms with E-state index in [0.717, 1.165) is 42.5 Å².